The standard InChI is InChI=1S/C24H23ClF2N4O4/c1-35-17-5-6-20-18(9-17)19(23(28)33)12-29(20)13-22(32)30-11-16(26)8-21(30)24(34)31(27)10-14-3-2-4-15(25)7-14/h2-7,9,12,16,21H,8,10-11,13H2,1H3,(H2,28,33)/t16-,21+/m1/s1. The largest absolute Gasteiger partial charge is 0.497 e. The lowest BCUT2D eigenvalue weighted by molar-refractivity contribution is -0.156. The molecule has 8 nitrogen and oxygen atoms in total. The Balaban J connectivity index is 1.55. The van der Waals surface area contributed by atoms with Crippen molar-refractivity contribution >= 4 is 40.2 Å². The normalized spacial score (nSPS) is 17.5. The molecule has 0 unspecified atom stereocenters. The molecule has 2 N–H and O–H groups in total. The summed E-state index contributed by atoms with van der Waals surface area (Å²) in [5.41, 5.74) is 6.65. The van der Waals surface area contributed by atoms with Crippen LogP contribution >= 0.6 is 11.6 Å². The van der Waals surface area contributed by atoms with Gasteiger partial charge in [-0.2, -0.15) is 5.12 Å². The minimum atomic E-state index is -1.47. The molecule has 1 aromatic heterocycles. The van der Waals surface area contributed by atoms with E-state index in [2.05, 4.69) is 0 Å². The summed E-state index contributed by atoms with van der Waals surface area (Å²) in [5.74, 6) is -1.80. The zero-order valence-corrected chi connectivity index (χ0v) is 19.5. The lowest BCUT2D eigenvalue weighted by Gasteiger charge is -2.25. The summed E-state index contributed by atoms with van der Waals surface area (Å²) in [6.45, 7) is -1.02. The van der Waals surface area contributed by atoms with Gasteiger partial charge in [0.15, 0.2) is 0 Å². The van der Waals surface area contributed by atoms with Crippen LogP contribution in [0.1, 0.15) is 22.3 Å². The number of halogens is 3. The van der Waals surface area contributed by atoms with E-state index in [1.54, 1.807) is 36.4 Å². The number of fused-ring (bicyclic) bond motifs is 1. The Hall–Kier alpha value is -3.66. The van der Waals surface area contributed by atoms with E-state index in [-0.39, 0.29) is 36.7 Å². The molecule has 3 aromatic rings. The Labute approximate surface area is 204 Å². The van der Waals surface area contributed by atoms with E-state index in [0.717, 1.165) is 4.90 Å². The molecule has 0 bridgehead atoms. The van der Waals surface area contributed by atoms with Gasteiger partial charge < -0.3 is 19.9 Å². The maximum atomic E-state index is 14.7. The van der Waals surface area contributed by atoms with Gasteiger partial charge in [0.25, 0.3) is 11.8 Å². The molecule has 3 amide bonds. The van der Waals surface area contributed by atoms with Crippen LogP contribution in [0.2, 0.25) is 5.02 Å². The SMILES string of the molecule is COc1ccc2c(c1)c(C(N)=O)cn2CC(=O)N1C[C@H](F)C[C@H]1C(=O)N(F)Cc1cccc(Cl)c1. The molecule has 2 aromatic carbocycles. The van der Waals surface area contributed by atoms with Gasteiger partial charge in [-0.25, -0.2) is 4.39 Å². The van der Waals surface area contributed by atoms with E-state index < -0.39 is 29.9 Å². The van der Waals surface area contributed by atoms with Crippen LogP contribution in [0.15, 0.2) is 48.7 Å². The Morgan fingerprint density at radius 3 is 2.69 bits per heavy atom. The number of primary amides is 1. The summed E-state index contributed by atoms with van der Waals surface area (Å²) in [4.78, 5) is 38.9. The number of nitrogens with two attached hydrogens (primary N) is 1. The number of aromatic nitrogens is 1. The molecule has 0 radical (unpaired) electrons. The van der Waals surface area contributed by atoms with Gasteiger partial charge in [0, 0.05) is 28.5 Å². The lowest BCUT2D eigenvalue weighted by Crippen LogP contribution is -2.46. The predicted molar refractivity (Wildman–Crippen MR) is 125 cm³/mol. The van der Waals surface area contributed by atoms with E-state index in [0.29, 0.717) is 27.2 Å². The van der Waals surface area contributed by atoms with Crippen molar-refractivity contribution < 1.29 is 28.0 Å². The van der Waals surface area contributed by atoms with Gasteiger partial charge in [0.05, 0.1) is 25.8 Å². The van der Waals surface area contributed by atoms with Crippen molar-refractivity contribution in [3.05, 3.63) is 64.8 Å². The smallest absolute Gasteiger partial charge is 0.273 e. The first-order valence-corrected chi connectivity index (χ1v) is 11.2. The van der Waals surface area contributed by atoms with E-state index >= 15 is 0 Å². The molecule has 1 saturated heterocycles. The van der Waals surface area contributed by atoms with Crippen LogP contribution in [-0.2, 0) is 22.7 Å². The zero-order chi connectivity index (χ0) is 25.3. The van der Waals surface area contributed by atoms with Gasteiger partial charge in [0.2, 0.25) is 5.91 Å². The fourth-order valence-electron chi connectivity index (χ4n) is 4.30. The summed E-state index contributed by atoms with van der Waals surface area (Å²) in [6, 6.07) is 9.99. The third-order valence-electron chi connectivity index (χ3n) is 5.96. The molecule has 2 atom stereocenters. The first-order valence-electron chi connectivity index (χ1n) is 10.8. The van der Waals surface area contributed by atoms with Crippen molar-refractivity contribution in [3.63, 3.8) is 0 Å². The second kappa shape index (κ2) is 9.91. The minimum Gasteiger partial charge on any atom is -0.497 e. The molecule has 2 heterocycles. The van der Waals surface area contributed by atoms with Crippen LogP contribution in [0.25, 0.3) is 10.9 Å². The zero-order valence-electron chi connectivity index (χ0n) is 18.8. The molecule has 1 aliphatic rings. The monoisotopic (exact) mass is 504 g/mol. The number of alkyl halides is 1. The number of hydrogen-bond acceptors (Lipinski definition) is 4. The quantitative estimate of drug-likeness (QED) is 0.499. The minimum absolute atomic E-state index is 0.0306. The molecular weight excluding hydrogens is 482 g/mol. The Kier molecular flexibility index (Phi) is 6.93. The molecule has 4 rings (SSSR count). The number of likely N-dealkylation sites (tertiary alicyclic amines) is 1. The highest BCUT2D eigenvalue weighted by molar-refractivity contribution is 6.30. The first-order chi connectivity index (χ1) is 16.7. The summed E-state index contributed by atoms with van der Waals surface area (Å²) < 4.78 is 35.7. The van der Waals surface area contributed by atoms with E-state index in [9.17, 15) is 23.3 Å². The molecule has 11 heteroatoms. The average molecular weight is 505 g/mol. The number of carbonyl (C=O) groups excluding carboxylic acids is 3. The van der Waals surface area contributed by atoms with Crippen molar-refractivity contribution in [1.29, 1.82) is 0 Å². The van der Waals surface area contributed by atoms with E-state index in [1.165, 1.54) is 23.9 Å². The van der Waals surface area contributed by atoms with Gasteiger partial charge in [-0.05, 0) is 35.9 Å². The second-order valence-electron chi connectivity index (χ2n) is 8.30. The third-order valence-corrected chi connectivity index (χ3v) is 6.20. The summed E-state index contributed by atoms with van der Waals surface area (Å²) in [5, 5.41) is 0.840. The van der Waals surface area contributed by atoms with Gasteiger partial charge in [-0.1, -0.05) is 28.2 Å². The van der Waals surface area contributed by atoms with Crippen molar-refractivity contribution in [2.45, 2.75) is 31.7 Å². The van der Waals surface area contributed by atoms with Crippen molar-refractivity contribution in [1.82, 2.24) is 14.6 Å². The third kappa shape index (κ3) is 5.07. The fraction of sp³-hybridized carbons (Fsp3) is 0.292. The van der Waals surface area contributed by atoms with Crippen LogP contribution in [0.5, 0.6) is 5.75 Å². The average Bonchev–Trinajstić information content (AvgIpc) is 3.39. The first kappa shape index (κ1) is 24.5. The number of methoxy groups -OCH3 is 1. The van der Waals surface area contributed by atoms with E-state index in [1.807, 2.05) is 0 Å². The van der Waals surface area contributed by atoms with Crippen LogP contribution in [-0.4, -0.2) is 58.2 Å². The second-order valence-corrected chi connectivity index (χ2v) is 8.74. The summed E-state index contributed by atoms with van der Waals surface area (Å²) in [6.07, 6.45) is -0.360. The van der Waals surface area contributed by atoms with Crippen LogP contribution in [0, 0.1) is 0 Å². The molecule has 1 fully saturated rings. The molecule has 0 saturated carbocycles. The van der Waals surface area contributed by atoms with Crippen LogP contribution in [0.3, 0.4) is 0 Å². The number of carbonyl (C=O) groups is 3. The molecule has 0 aliphatic carbocycles. The Morgan fingerprint density at radius 1 is 1.23 bits per heavy atom. The Bertz CT molecular complexity index is 1300. The number of nitrogens with zero attached hydrogens (tertiary/aromatic N) is 3. The van der Waals surface area contributed by atoms with Crippen molar-refractivity contribution in [3.8, 4) is 5.75 Å². The van der Waals surface area contributed by atoms with Gasteiger partial charge >= 0.3 is 0 Å². The maximum Gasteiger partial charge on any atom is 0.273 e. The van der Waals surface area contributed by atoms with Gasteiger partial charge in [0.1, 0.15) is 24.5 Å². The number of amides is 3. The number of benzene rings is 2. The highest BCUT2D eigenvalue weighted by Gasteiger charge is 2.42. The summed E-state index contributed by atoms with van der Waals surface area (Å²) in [7, 11) is 1.48. The highest BCUT2D eigenvalue weighted by Crippen LogP contribution is 2.28. The van der Waals surface area contributed by atoms with Crippen LogP contribution in [0.4, 0.5) is 8.87 Å². The number of ether oxygens (including phenoxy) is 1. The molecular formula is C24H23ClF2N4O4. The Morgan fingerprint density at radius 2 is 2.00 bits per heavy atom. The van der Waals surface area contributed by atoms with E-state index in [4.69, 9.17) is 22.1 Å². The highest BCUT2D eigenvalue weighted by atomic mass is 35.5. The molecule has 184 valence electrons. The number of hydrogen-bond donors (Lipinski definition) is 1. The maximum absolute atomic E-state index is 14.7. The lowest BCUT2D eigenvalue weighted by atomic mass is 10.1. The molecule has 0 spiro atoms. The molecule has 1 aliphatic heterocycles. The number of rotatable bonds is 7. The van der Waals surface area contributed by atoms with Crippen molar-refractivity contribution in [2.24, 2.45) is 5.73 Å². The van der Waals surface area contributed by atoms with Gasteiger partial charge in [-0.15, -0.1) is 0 Å². The molecule has 35 heavy (non-hydrogen) atoms. The predicted octanol–water partition coefficient (Wildman–Crippen LogP) is 3.25. The fourth-order valence-corrected chi connectivity index (χ4v) is 4.51. The van der Waals surface area contributed by atoms with Crippen LogP contribution < -0.4 is 10.5 Å². The van der Waals surface area contributed by atoms with Crippen molar-refractivity contribution in [2.75, 3.05) is 13.7 Å². The topological polar surface area (TPSA) is 97.9 Å². The summed E-state index contributed by atoms with van der Waals surface area (Å²) >= 11 is 5.91. The van der Waals surface area contributed by atoms with Gasteiger partial charge in [-0.3, -0.25) is 14.4 Å².